The lowest BCUT2D eigenvalue weighted by Crippen LogP contribution is -2.28. The maximum absolute atomic E-state index is 13.0. The molecular formula is C29H31N5O5S. The SMILES string of the molecule is Nc1ncc(-c2ccc(S(=O)(=O)C3CCOCC3)cc2)nc1-c1cc(-c2ccc(CNC3CCCO3)cc2)no1. The van der Waals surface area contributed by atoms with Gasteiger partial charge in [-0.2, -0.15) is 0 Å². The first-order chi connectivity index (χ1) is 19.5. The summed E-state index contributed by atoms with van der Waals surface area (Å²) in [7, 11) is -3.42. The minimum absolute atomic E-state index is 0.128. The number of nitrogens with one attached hydrogen (secondary N) is 1. The van der Waals surface area contributed by atoms with Crippen molar-refractivity contribution in [1.29, 1.82) is 0 Å². The Hall–Kier alpha value is -3.64. The van der Waals surface area contributed by atoms with Gasteiger partial charge in [-0.3, -0.25) is 5.32 Å². The average Bonchev–Trinajstić information content (AvgIpc) is 3.70. The molecule has 0 amide bonds. The molecule has 4 aromatic rings. The molecule has 2 aromatic heterocycles. The lowest BCUT2D eigenvalue weighted by Gasteiger charge is -2.22. The fourth-order valence-electron chi connectivity index (χ4n) is 5.00. The summed E-state index contributed by atoms with van der Waals surface area (Å²) in [5.41, 5.74) is 10.5. The molecule has 3 N–H and O–H groups in total. The normalized spacial score (nSPS) is 18.2. The van der Waals surface area contributed by atoms with Crippen LogP contribution in [0.15, 0.2) is 70.2 Å². The highest BCUT2D eigenvalue weighted by atomic mass is 32.2. The Kier molecular flexibility index (Phi) is 7.61. The molecule has 11 heteroatoms. The summed E-state index contributed by atoms with van der Waals surface area (Å²) in [6.45, 7) is 2.48. The van der Waals surface area contributed by atoms with Crippen LogP contribution in [0.25, 0.3) is 34.0 Å². The number of hydrogen-bond acceptors (Lipinski definition) is 10. The van der Waals surface area contributed by atoms with Crippen LogP contribution in [-0.2, 0) is 25.9 Å². The van der Waals surface area contributed by atoms with Gasteiger partial charge in [-0.05, 0) is 43.4 Å². The van der Waals surface area contributed by atoms with Gasteiger partial charge >= 0.3 is 0 Å². The van der Waals surface area contributed by atoms with Crippen molar-refractivity contribution in [3.8, 4) is 34.0 Å². The van der Waals surface area contributed by atoms with Gasteiger partial charge in [-0.15, -0.1) is 0 Å². The minimum Gasteiger partial charge on any atom is -0.382 e. The zero-order valence-electron chi connectivity index (χ0n) is 22.0. The average molecular weight is 562 g/mol. The third-order valence-corrected chi connectivity index (χ3v) is 9.62. The molecule has 1 unspecified atom stereocenters. The Balaban J connectivity index is 1.18. The van der Waals surface area contributed by atoms with E-state index in [0.717, 1.165) is 37.1 Å². The summed E-state index contributed by atoms with van der Waals surface area (Å²) in [4.78, 5) is 9.26. The molecule has 2 saturated heterocycles. The summed E-state index contributed by atoms with van der Waals surface area (Å²) in [6, 6.07) is 16.6. The number of nitrogen functional groups attached to an aromatic ring is 1. The Morgan fingerprint density at radius 2 is 1.65 bits per heavy atom. The van der Waals surface area contributed by atoms with Gasteiger partial charge in [0.25, 0.3) is 0 Å². The van der Waals surface area contributed by atoms with Crippen LogP contribution in [0.1, 0.15) is 31.2 Å². The first kappa shape index (κ1) is 26.6. The van der Waals surface area contributed by atoms with E-state index in [9.17, 15) is 8.42 Å². The van der Waals surface area contributed by atoms with Crippen molar-refractivity contribution in [2.75, 3.05) is 25.6 Å². The van der Waals surface area contributed by atoms with E-state index in [1.54, 1.807) is 36.5 Å². The lowest BCUT2D eigenvalue weighted by atomic mass is 10.1. The van der Waals surface area contributed by atoms with E-state index in [2.05, 4.69) is 20.4 Å². The smallest absolute Gasteiger partial charge is 0.189 e. The van der Waals surface area contributed by atoms with Crippen molar-refractivity contribution in [3.63, 3.8) is 0 Å². The summed E-state index contributed by atoms with van der Waals surface area (Å²) in [5, 5.41) is 7.21. The van der Waals surface area contributed by atoms with Crippen LogP contribution >= 0.6 is 0 Å². The van der Waals surface area contributed by atoms with E-state index in [1.165, 1.54) is 0 Å². The molecule has 0 aliphatic carbocycles. The standard InChI is InChI=1S/C29H31N5O5S/c30-29-28(26-16-24(34-39-26)20-5-3-19(4-6-20)17-31-27-2-1-13-38-27)33-25(18-32-29)21-7-9-22(10-8-21)40(35,36)23-11-14-37-15-12-23/h3-10,16,18,23,27,31H,1-2,11-15,17H2,(H2,30,32). The molecule has 6 rings (SSSR count). The molecule has 0 radical (unpaired) electrons. The maximum Gasteiger partial charge on any atom is 0.189 e. The second kappa shape index (κ2) is 11.5. The highest BCUT2D eigenvalue weighted by Gasteiger charge is 2.29. The molecule has 40 heavy (non-hydrogen) atoms. The Morgan fingerprint density at radius 1 is 0.925 bits per heavy atom. The van der Waals surface area contributed by atoms with Crippen LogP contribution in [-0.4, -0.2) is 54.8 Å². The van der Waals surface area contributed by atoms with Crippen molar-refractivity contribution in [3.05, 3.63) is 66.4 Å². The predicted octanol–water partition coefficient (Wildman–Crippen LogP) is 4.23. The molecule has 2 aliphatic rings. The molecule has 0 saturated carbocycles. The zero-order chi connectivity index (χ0) is 27.5. The number of ether oxygens (including phenoxy) is 2. The maximum atomic E-state index is 13.0. The molecular weight excluding hydrogens is 530 g/mol. The van der Waals surface area contributed by atoms with Gasteiger partial charge in [-0.1, -0.05) is 41.6 Å². The van der Waals surface area contributed by atoms with Gasteiger partial charge in [0.05, 0.1) is 22.0 Å². The van der Waals surface area contributed by atoms with Crippen LogP contribution < -0.4 is 11.1 Å². The first-order valence-corrected chi connectivity index (χ1v) is 15.0. The van der Waals surface area contributed by atoms with Crippen molar-refractivity contribution in [2.45, 2.75) is 48.6 Å². The van der Waals surface area contributed by atoms with Gasteiger partial charge in [-0.25, -0.2) is 18.4 Å². The van der Waals surface area contributed by atoms with Crippen LogP contribution in [0, 0.1) is 0 Å². The monoisotopic (exact) mass is 561 g/mol. The molecule has 2 fully saturated rings. The molecule has 2 aliphatic heterocycles. The Morgan fingerprint density at radius 3 is 2.38 bits per heavy atom. The fraction of sp³-hybridized carbons (Fsp3) is 0.345. The summed E-state index contributed by atoms with van der Waals surface area (Å²) >= 11 is 0. The Labute approximate surface area is 232 Å². The highest BCUT2D eigenvalue weighted by molar-refractivity contribution is 7.92. The summed E-state index contributed by atoms with van der Waals surface area (Å²) in [6.07, 6.45) is 4.83. The van der Waals surface area contributed by atoms with Crippen LogP contribution in [0.5, 0.6) is 0 Å². The molecule has 0 bridgehead atoms. The highest BCUT2D eigenvalue weighted by Crippen LogP contribution is 2.31. The second-order valence-electron chi connectivity index (χ2n) is 10.0. The number of aromatic nitrogens is 3. The molecule has 208 valence electrons. The topological polar surface area (TPSA) is 142 Å². The van der Waals surface area contributed by atoms with Crippen LogP contribution in [0.4, 0.5) is 5.82 Å². The van der Waals surface area contributed by atoms with Crippen molar-refractivity contribution in [1.82, 2.24) is 20.4 Å². The van der Waals surface area contributed by atoms with Gasteiger partial charge in [0, 0.05) is 43.6 Å². The molecule has 1 atom stereocenters. The summed E-state index contributed by atoms with van der Waals surface area (Å²) in [5.74, 6) is 0.602. The molecule has 0 spiro atoms. The van der Waals surface area contributed by atoms with E-state index >= 15 is 0 Å². The number of hydrogen-bond donors (Lipinski definition) is 2. The summed E-state index contributed by atoms with van der Waals surface area (Å²) < 4.78 is 42.6. The Bertz CT molecular complexity index is 1560. The third-order valence-electron chi connectivity index (χ3n) is 7.34. The molecule has 2 aromatic carbocycles. The number of nitrogens with two attached hydrogens (primary N) is 1. The van der Waals surface area contributed by atoms with Gasteiger partial charge in [0.15, 0.2) is 27.1 Å². The first-order valence-electron chi connectivity index (χ1n) is 13.4. The van der Waals surface area contributed by atoms with E-state index in [-0.39, 0.29) is 12.0 Å². The number of rotatable bonds is 8. The number of sulfone groups is 1. The molecule has 10 nitrogen and oxygen atoms in total. The van der Waals surface area contributed by atoms with Crippen molar-refractivity contribution in [2.24, 2.45) is 0 Å². The molecule has 4 heterocycles. The minimum atomic E-state index is -3.42. The van der Waals surface area contributed by atoms with E-state index in [4.69, 9.17) is 19.7 Å². The second-order valence-corrected chi connectivity index (χ2v) is 12.3. The largest absolute Gasteiger partial charge is 0.382 e. The van der Waals surface area contributed by atoms with Crippen molar-refractivity contribution < 1.29 is 22.4 Å². The number of nitrogens with zero attached hydrogens (tertiary/aromatic N) is 3. The quantitative estimate of drug-likeness (QED) is 0.321. The van der Waals surface area contributed by atoms with Crippen LogP contribution in [0.3, 0.4) is 0 Å². The third kappa shape index (κ3) is 5.64. The number of anilines is 1. The van der Waals surface area contributed by atoms with Gasteiger partial charge in [0.1, 0.15) is 11.9 Å². The lowest BCUT2D eigenvalue weighted by molar-refractivity contribution is 0.0827. The van der Waals surface area contributed by atoms with E-state index in [0.29, 0.717) is 59.4 Å². The van der Waals surface area contributed by atoms with Crippen LogP contribution in [0.2, 0.25) is 0 Å². The number of benzene rings is 2. The van der Waals surface area contributed by atoms with Gasteiger partial charge < -0.3 is 19.7 Å². The van der Waals surface area contributed by atoms with E-state index < -0.39 is 15.1 Å². The fourth-order valence-corrected chi connectivity index (χ4v) is 6.71. The van der Waals surface area contributed by atoms with Crippen molar-refractivity contribution >= 4 is 15.7 Å². The van der Waals surface area contributed by atoms with Gasteiger partial charge in [0.2, 0.25) is 0 Å². The zero-order valence-corrected chi connectivity index (χ0v) is 22.8. The predicted molar refractivity (Wildman–Crippen MR) is 150 cm³/mol. The van der Waals surface area contributed by atoms with E-state index in [1.807, 2.05) is 24.3 Å².